The summed E-state index contributed by atoms with van der Waals surface area (Å²) in [5.74, 6) is -3.58. The molecular formula is C35H55N5O8. The van der Waals surface area contributed by atoms with Crippen molar-refractivity contribution in [2.75, 3.05) is 13.7 Å². The van der Waals surface area contributed by atoms with Gasteiger partial charge in [0.15, 0.2) is 0 Å². The largest absolute Gasteiger partial charge is 0.467 e. The third-order valence-corrected chi connectivity index (χ3v) is 7.69. The summed E-state index contributed by atoms with van der Waals surface area (Å²) in [6.45, 7) is 18.9. The van der Waals surface area contributed by atoms with Gasteiger partial charge in [-0.15, -0.1) is 6.58 Å². The highest BCUT2D eigenvalue weighted by Crippen LogP contribution is 2.14. The van der Waals surface area contributed by atoms with Crippen molar-refractivity contribution in [1.82, 2.24) is 26.2 Å². The molecule has 48 heavy (non-hydrogen) atoms. The van der Waals surface area contributed by atoms with E-state index in [1.54, 1.807) is 65.8 Å². The quantitative estimate of drug-likeness (QED) is 0.144. The Kier molecular flexibility index (Phi) is 16.8. The second kappa shape index (κ2) is 19.4. The van der Waals surface area contributed by atoms with Crippen LogP contribution in [0.1, 0.15) is 74.3 Å². The lowest BCUT2D eigenvalue weighted by Crippen LogP contribution is -2.60. The third kappa shape index (κ3) is 13.4. The van der Waals surface area contributed by atoms with Crippen molar-refractivity contribution in [3.05, 3.63) is 48.6 Å². The first kappa shape index (κ1) is 41.6. The Morgan fingerprint density at radius 3 is 1.94 bits per heavy atom. The van der Waals surface area contributed by atoms with E-state index in [-0.39, 0.29) is 24.8 Å². The molecule has 0 unspecified atom stereocenters. The van der Waals surface area contributed by atoms with Crippen molar-refractivity contribution in [1.29, 1.82) is 0 Å². The molecular weight excluding hydrogens is 618 g/mol. The summed E-state index contributed by atoms with van der Waals surface area (Å²) >= 11 is 0. The second-order valence-electron chi connectivity index (χ2n) is 13.2. The number of esters is 1. The summed E-state index contributed by atoms with van der Waals surface area (Å²) in [7, 11) is 1.23. The van der Waals surface area contributed by atoms with Gasteiger partial charge in [-0.3, -0.25) is 19.2 Å². The van der Waals surface area contributed by atoms with Crippen molar-refractivity contribution in [2.45, 2.75) is 111 Å². The molecule has 0 radical (unpaired) electrons. The monoisotopic (exact) mass is 673 g/mol. The van der Waals surface area contributed by atoms with E-state index in [4.69, 9.17) is 9.47 Å². The number of hydrogen-bond acceptors (Lipinski definition) is 8. The van der Waals surface area contributed by atoms with Gasteiger partial charge < -0.3 is 35.6 Å². The molecule has 0 heterocycles. The minimum absolute atomic E-state index is 0.0434. The molecule has 0 fully saturated rings. The zero-order valence-corrected chi connectivity index (χ0v) is 30.0. The van der Waals surface area contributed by atoms with E-state index in [1.165, 1.54) is 31.9 Å². The van der Waals surface area contributed by atoms with Gasteiger partial charge in [0.25, 0.3) is 0 Å². The van der Waals surface area contributed by atoms with Crippen LogP contribution in [0.15, 0.2) is 43.0 Å². The lowest BCUT2D eigenvalue weighted by Gasteiger charge is -2.33. The molecule has 4 N–H and O–H groups in total. The van der Waals surface area contributed by atoms with E-state index in [9.17, 15) is 28.8 Å². The van der Waals surface area contributed by atoms with Gasteiger partial charge in [-0.05, 0) is 52.0 Å². The van der Waals surface area contributed by atoms with E-state index in [1.807, 2.05) is 13.0 Å². The number of carbonyl (C=O) groups excluding carboxylic acids is 6. The predicted molar refractivity (Wildman–Crippen MR) is 182 cm³/mol. The Morgan fingerprint density at radius 1 is 0.854 bits per heavy atom. The van der Waals surface area contributed by atoms with Gasteiger partial charge in [-0.25, -0.2) is 9.59 Å². The molecule has 0 saturated carbocycles. The van der Waals surface area contributed by atoms with E-state index < -0.39 is 71.5 Å². The first-order chi connectivity index (χ1) is 22.4. The van der Waals surface area contributed by atoms with Crippen LogP contribution in [0.25, 0.3) is 0 Å². The Morgan fingerprint density at radius 2 is 1.44 bits per heavy atom. The fourth-order valence-corrected chi connectivity index (χ4v) is 4.66. The van der Waals surface area contributed by atoms with Crippen LogP contribution in [0.3, 0.4) is 0 Å². The van der Waals surface area contributed by atoms with E-state index >= 15 is 0 Å². The van der Waals surface area contributed by atoms with Crippen LogP contribution in [0.2, 0.25) is 0 Å². The zero-order valence-electron chi connectivity index (χ0n) is 30.0. The molecule has 1 aromatic rings. The minimum atomic E-state index is -1.13. The fourth-order valence-electron chi connectivity index (χ4n) is 4.66. The van der Waals surface area contributed by atoms with Crippen molar-refractivity contribution in [2.24, 2.45) is 11.8 Å². The number of rotatable bonds is 17. The van der Waals surface area contributed by atoms with Crippen molar-refractivity contribution >= 4 is 35.7 Å². The Hall–Kier alpha value is -4.42. The Labute approximate surface area is 284 Å². The van der Waals surface area contributed by atoms with Crippen LogP contribution >= 0.6 is 0 Å². The average molecular weight is 674 g/mol. The summed E-state index contributed by atoms with van der Waals surface area (Å²) in [4.78, 5) is 80.3. The molecule has 0 aliphatic carbocycles. The molecule has 0 saturated heterocycles. The topological polar surface area (TPSA) is 172 Å². The van der Waals surface area contributed by atoms with Crippen LogP contribution in [0.5, 0.6) is 0 Å². The van der Waals surface area contributed by atoms with Crippen LogP contribution in [-0.4, -0.2) is 90.1 Å². The molecule has 0 aromatic heterocycles. The highest BCUT2D eigenvalue weighted by Gasteiger charge is 2.36. The minimum Gasteiger partial charge on any atom is -0.467 e. The smallest absolute Gasteiger partial charge is 0.408 e. The van der Waals surface area contributed by atoms with Gasteiger partial charge in [-0.1, -0.05) is 70.5 Å². The van der Waals surface area contributed by atoms with Gasteiger partial charge >= 0.3 is 12.1 Å². The number of benzene rings is 1. The number of nitrogens with zero attached hydrogens (tertiary/aromatic N) is 1. The molecule has 6 atom stereocenters. The number of alkyl carbamates (subject to hydrolysis) is 1. The summed E-state index contributed by atoms with van der Waals surface area (Å²) in [6, 6.07) is 3.82. The molecule has 0 spiro atoms. The summed E-state index contributed by atoms with van der Waals surface area (Å²) < 4.78 is 10.1. The number of methoxy groups -OCH3 is 1. The molecule has 13 heteroatoms. The number of amides is 5. The van der Waals surface area contributed by atoms with Gasteiger partial charge in [-0.2, -0.15) is 0 Å². The Bertz CT molecular complexity index is 1260. The van der Waals surface area contributed by atoms with Gasteiger partial charge in [0, 0.05) is 13.0 Å². The molecule has 0 bridgehead atoms. The van der Waals surface area contributed by atoms with Gasteiger partial charge in [0.05, 0.1) is 7.11 Å². The molecule has 268 valence electrons. The van der Waals surface area contributed by atoms with Crippen LogP contribution < -0.4 is 21.3 Å². The number of nitrogens with one attached hydrogen (secondary N) is 4. The lowest BCUT2D eigenvalue weighted by molar-refractivity contribution is -0.147. The summed E-state index contributed by atoms with van der Waals surface area (Å²) in [5.41, 5.74) is -0.0292. The average Bonchev–Trinajstić information content (AvgIpc) is 3.02. The van der Waals surface area contributed by atoms with E-state index in [0.717, 1.165) is 5.56 Å². The maximum absolute atomic E-state index is 14.1. The Balaban J connectivity index is 3.31. The third-order valence-electron chi connectivity index (χ3n) is 7.69. The lowest BCUT2D eigenvalue weighted by atomic mass is 9.96. The van der Waals surface area contributed by atoms with Crippen molar-refractivity contribution in [3.63, 3.8) is 0 Å². The fraction of sp³-hybridized carbons (Fsp3) is 0.600. The second-order valence-corrected chi connectivity index (χ2v) is 13.2. The maximum Gasteiger partial charge on any atom is 0.408 e. The molecule has 1 aromatic carbocycles. The highest BCUT2D eigenvalue weighted by atomic mass is 16.6. The normalized spacial score (nSPS) is 15.0. The van der Waals surface area contributed by atoms with Crippen molar-refractivity contribution in [3.8, 4) is 0 Å². The summed E-state index contributed by atoms with van der Waals surface area (Å²) in [5, 5.41) is 10.7. The highest BCUT2D eigenvalue weighted by molar-refractivity contribution is 5.96. The first-order valence-corrected chi connectivity index (χ1v) is 16.3. The molecule has 0 aliphatic rings. The maximum atomic E-state index is 14.1. The van der Waals surface area contributed by atoms with Crippen molar-refractivity contribution < 1.29 is 38.2 Å². The first-order valence-electron chi connectivity index (χ1n) is 16.3. The molecule has 5 amide bonds. The number of ether oxygens (including phenoxy) is 2. The van der Waals surface area contributed by atoms with Crippen LogP contribution in [0.4, 0.5) is 4.79 Å². The van der Waals surface area contributed by atoms with E-state index in [2.05, 4.69) is 27.8 Å². The van der Waals surface area contributed by atoms with Gasteiger partial charge in [0.1, 0.15) is 35.8 Å². The van der Waals surface area contributed by atoms with E-state index in [0.29, 0.717) is 6.42 Å². The zero-order chi connectivity index (χ0) is 36.8. The van der Waals surface area contributed by atoms with Crippen LogP contribution in [0, 0.1) is 11.8 Å². The number of carbonyl (C=O) groups is 6. The summed E-state index contributed by atoms with van der Waals surface area (Å²) in [6.07, 6.45) is 1.29. The molecule has 0 aliphatic heterocycles. The molecule has 13 nitrogen and oxygen atoms in total. The van der Waals surface area contributed by atoms with Gasteiger partial charge in [0.2, 0.25) is 23.6 Å². The standard InChI is InChI=1S/C35H55N5O8/c1-12-19-40(24(7)30(42)39-28(22(5)13-2)31(43)38-27(21(3)4)33(45)47-11)32(44)26(20-25-17-15-14-16-18-25)37-29(41)23(6)36-34(46)48-35(8,9)10/h12,14-18,21-24,26-28H,1,13,19-20H2,2-11H3,(H,36,46)(H,37,41)(H,38,43)(H,39,42)/t22-,23-,24-,26-,27-,28-/m0/s1. The molecule has 1 rings (SSSR count). The SMILES string of the molecule is C=CCN(C(=O)[C@H](Cc1ccccc1)NC(=O)[C@H](C)NC(=O)OC(C)(C)C)[C@@H](C)C(=O)N[C@H](C(=O)N[C@H](C(=O)OC)C(C)C)[C@@H](C)CC. The predicted octanol–water partition coefficient (Wildman–Crippen LogP) is 2.87. The number of hydrogen-bond donors (Lipinski definition) is 4. The van der Waals surface area contributed by atoms with Crippen LogP contribution in [-0.2, 0) is 39.9 Å².